The fourth-order valence-electron chi connectivity index (χ4n) is 3.11. The number of ether oxygens (including phenoxy) is 1. The van der Waals surface area contributed by atoms with Gasteiger partial charge in [0.1, 0.15) is 5.75 Å². The van der Waals surface area contributed by atoms with E-state index in [1.807, 2.05) is 0 Å². The average molecular weight is 320 g/mol. The van der Waals surface area contributed by atoms with E-state index in [1.54, 1.807) is 0 Å². The number of hydrogen-bond donors (Lipinski definition) is 0. The molecule has 0 aliphatic rings. The largest absolute Gasteiger partial charge is 0.425 e. The summed E-state index contributed by atoms with van der Waals surface area (Å²) in [4.78, 5) is 12.3. The highest BCUT2D eigenvalue weighted by Crippen LogP contribution is 2.36. The second-order valence-corrected chi connectivity index (χ2v) is 6.59. The lowest BCUT2D eigenvalue weighted by molar-refractivity contribution is -0.134. The van der Waals surface area contributed by atoms with Gasteiger partial charge in [-0.2, -0.15) is 0 Å². The molecule has 0 spiro atoms. The number of hydrogen-bond acceptors (Lipinski definition) is 2. The first kappa shape index (κ1) is 16.5. The molecule has 0 saturated heterocycles. The topological polar surface area (TPSA) is 26.3 Å². The lowest BCUT2D eigenvalue weighted by atomic mass is 9.99. The number of carbonyl (C=O) groups is 1. The van der Waals surface area contributed by atoms with Crippen molar-refractivity contribution in [2.45, 2.75) is 46.5 Å². The minimum absolute atomic E-state index is 0.140. The number of aryl methyl sites for hydroxylation is 2. The van der Waals surface area contributed by atoms with Crippen LogP contribution in [-0.2, 0) is 4.79 Å². The van der Waals surface area contributed by atoms with Crippen LogP contribution in [0.4, 0.5) is 0 Å². The van der Waals surface area contributed by atoms with E-state index in [2.05, 4.69) is 63.2 Å². The molecule has 2 nitrogen and oxygen atoms in total. The quantitative estimate of drug-likeness (QED) is 0.246. The van der Waals surface area contributed by atoms with E-state index < -0.39 is 0 Å². The van der Waals surface area contributed by atoms with Crippen LogP contribution in [0, 0.1) is 13.8 Å². The van der Waals surface area contributed by atoms with E-state index in [9.17, 15) is 4.79 Å². The monoisotopic (exact) mass is 320 g/mol. The van der Waals surface area contributed by atoms with E-state index >= 15 is 0 Å². The Kier molecular flexibility index (Phi) is 4.84. The van der Waals surface area contributed by atoms with Crippen LogP contribution in [0.3, 0.4) is 0 Å². The normalized spacial score (nSPS) is 11.1. The van der Waals surface area contributed by atoms with Crippen LogP contribution >= 0.6 is 0 Å². The number of carbonyl (C=O) groups excluding carboxylic acids is 1. The summed E-state index contributed by atoms with van der Waals surface area (Å²) < 4.78 is 5.84. The number of benzene rings is 3. The molecule has 3 aromatic carbocycles. The van der Waals surface area contributed by atoms with Crippen LogP contribution in [-0.4, -0.2) is 5.97 Å². The first-order valence-electron chi connectivity index (χ1n) is 8.73. The maximum atomic E-state index is 12.3. The van der Waals surface area contributed by atoms with E-state index in [0.29, 0.717) is 12.2 Å². The first-order valence-corrected chi connectivity index (χ1v) is 8.73. The molecule has 0 N–H and O–H groups in total. The summed E-state index contributed by atoms with van der Waals surface area (Å²) >= 11 is 0. The predicted octanol–water partition coefficient (Wildman–Crippen LogP) is 6.10. The van der Waals surface area contributed by atoms with Gasteiger partial charge in [0, 0.05) is 17.2 Å². The van der Waals surface area contributed by atoms with Crippen molar-refractivity contribution in [2.24, 2.45) is 0 Å². The first-order chi connectivity index (χ1) is 11.6. The fourth-order valence-corrected chi connectivity index (χ4v) is 3.11. The summed E-state index contributed by atoms with van der Waals surface area (Å²) in [5.74, 6) is 0.562. The van der Waals surface area contributed by atoms with Gasteiger partial charge < -0.3 is 4.74 Å². The number of unbranched alkanes of at least 4 members (excludes halogenated alkanes) is 2. The molecule has 0 bridgehead atoms. The van der Waals surface area contributed by atoms with Crippen LogP contribution in [0.1, 0.15) is 43.7 Å². The third-order valence-corrected chi connectivity index (χ3v) is 4.42. The molecule has 0 amide bonds. The maximum Gasteiger partial charge on any atom is 0.311 e. The molecule has 0 heterocycles. The van der Waals surface area contributed by atoms with Crippen LogP contribution in [0.2, 0.25) is 0 Å². The van der Waals surface area contributed by atoms with Crippen molar-refractivity contribution < 1.29 is 9.53 Å². The number of fused-ring (bicyclic) bond motifs is 2. The highest BCUT2D eigenvalue weighted by Gasteiger charge is 2.13. The van der Waals surface area contributed by atoms with Gasteiger partial charge in [0.05, 0.1) is 0 Å². The van der Waals surface area contributed by atoms with E-state index in [4.69, 9.17) is 4.74 Å². The Bertz CT molecular complexity index is 893. The zero-order chi connectivity index (χ0) is 17.1. The van der Waals surface area contributed by atoms with Crippen LogP contribution in [0.25, 0.3) is 21.5 Å². The Morgan fingerprint density at radius 2 is 1.62 bits per heavy atom. The average Bonchev–Trinajstić information content (AvgIpc) is 2.55. The van der Waals surface area contributed by atoms with E-state index in [1.165, 1.54) is 5.56 Å². The van der Waals surface area contributed by atoms with Crippen LogP contribution < -0.4 is 4.74 Å². The van der Waals surface area contributed by atoms with Crippen molar-refractivity contribution in [1.82, 2.24) is 0 Å². The molecule has 0 fully saturated rings. The summed E-state index contributed by atoms with van der Waals surface area (Å²) in [6, 6.07) is 14.7. The molecule has 3 rings (SSSR count). The minimum Gasteiger partial charge on any atom is -0.425 e. The maximum absolute atomic E-state index is 12.3. The smallest absolute Gasteiger partial charge is 0.311 e. The summed E-state index contributed by atoms with van der Waals surface area (Å²) in [5.41, 5.74) is 2.37. The molecular formula is C22H24O2. The molecule has 24 heavy (non-hydrogen) atoms. The lowest BCUT2D eigenvalue weighted by Gasteiger charge is -2.13. The molecule has 3 aromatic rings. The number of esters is 1. The Balaban J connectivity index is 2.10. The molecule has 2 heteroatoms. The summed E-state index contributed by atoms with van der Waals surface area (Å²) in [7, 11) is 0. The van der Waals surface area contributed by atoms with Gasteiger partial charge in [-0.25, -0.2) is 0 Å². The fraction of sp³-hybridized carbons (Fsp3) is 0.318. The molecule has 0 saturated carbocycles. The highest BCUT2D eigenvalue weighted by atomic mass is 16.5. The summed E-state index contributed by atoms with van der Waals surface area (Å²) in [6.45, 7) is 6.27. The highest BCUT2D eigenvalue weighted by molar-refractivity contribution is 6.06. The van der Waals surface area contributed by atoms with Crippen molar-refractivity contribution >= 4 is 27.5 Å². The third kappa shape index (κ3) is 3.43. The Morgan fingerprint density at radius 3 is 2.42 bits per heavy atom. The molecule has 0 aromatic heterocycles. The number of rotatable bonds is 5. The zero-order valence-electron chi connectivity index (χ0n) is 14.7. The van der Waals surface area contributed by atoms with E-state index in [-0.39, 0.29) is 5.97 Å². The van der Waals surface area contributed by atoms with Crippen molar-refractivity contribution in [3.63, 3.8) is 0 Å². The predicted molar refractivity (Wildman–Crippen MR) is 101 cm³/mol. The molecule has 0 radical (unpaired) electrons. The SMILES string of the molecule is CCCCCC(=O)Oc1c2ccc(C)cc2cc2ccc(C)cc12. The van der Waals surface area contributed by atoms with Crippen molar-refractivity contribution in [2.75, 3.05) is 0 Å². The lowest BCUT2D eigenvalue weighted by Crippen LogP contribution is -2.08. The van der Waals surface area contributed by atoms with Crippen molar-refractivity contribution in [3.05, 3.63) is 53.6 Å². The molecule has 0 aliphatic heterocycles. The summed E-state index contributed by atoms with van der Waals surface area (Å²) in [5, 5.41) is 4.23. The standard InChI is InChI=1S/C22H24O2/c1-4-5-6-7-21(23)24-22-19-11-9-15(2)12-18(19)14-17-10-8-16(3)13-20(17)22/h8-14H,4-7H2,1-3H3. The Labute approximate surface area is 143 Å². The Hall–Kier alpha value is -2.35. The molecular weight excluding hydrogens is 296 g/mol. The van der Waals surface area contributed by atoms with Gasteiger partial charge in [0.25, 0.3) is 0 Å². The molecule has 0 aliphatic carbocycles. The summed E-state index contributed by atoms with van der Waals surface area (Å²) in [6.07, 6.45) is 3.52. The second-order valence-electron chi connectivity index (χ2n) is 6.59. The molecule has 124 valence electrons. The second kappa shape index (κ2) is 7.04. The van der Waals surface area contributed by atoms with Gasteiger partial charge in [-0.1, -0.05) is 61.2 Å². The minimum atomic E-state index is -0.140. The van der Waals surface area contributed by atoms with E-state index in [0.717, 1.165) is 46.4 Å². The van der Waals surface area contributed by atoms with Gasteiger partial charge in [0.15, 0.2) is 0 Å². The van der Waals surface area contributed by atoms with Gasteiger partial charge >= 0.3 is 5.97 Å². The van der Waals surface area contributed by atoms with Gasteiger partial charge in [-0.3, -0.25) is 4.79 Å². The van der Waals surface area contributed by atoms with Gasteiger partial charge in [-0.05, 0) is 43.2 Å². The van der Waals surface area contributed by atoms with Crippen LogP contribution in [0.5, 0.6) is 5.75 Å². The van der Waals surface area contributed by atoms with Crippen molar-refractivity contribution in [1.29, 1.82) is 0 Å². The van der Waals surface area contributed by atoms with Gasteiger partial charge in [0.2, 0.25) is 0 Å². The molecule has 0 atom stereocenters. The van der Waals surface area contributed by atoms with Gasteiger partial charge in [-0.15, -0.1) is 0 Å². The zero-order valence-corrected chi connectivity index (χ0v) is 14.7. The van der Waals surface area contributed by atoms with Crippen molar-refractivity contribution in [3.8, 4) is 5.75 Å². The third-order valence-electron chi connectivity index (χ3n) is 4.42. The molecule has 0 unspecified atom stereocenters. The Morgan fingerprint density at radius 1 is 0.875 bits per heavy atom. The van der Waals surface area contributed by atoms with Crippen LogP contribution in [0.15, 0.2) is 42.5 Å².